The van der Waals surface area contributed by atoms with E-state index in [0.29, 0.717) is 0 Å². The topological polar surface area (TPSA) is 18.5 Å². The Morgan fingerprint density at radius 2 is 1.58 bits per heavy atom. The monoisotopic (exact) mass is 230 g/mol. The Labute approximate surface area is 80.6 Å². The van der Waals surface area contributed by atoms with E-state index in [0.717, 1.165) is 5.56 Å². The van der Waals surface area contributed by atoms with Crippen LogP contribution < -0.4 is 0 Å². The number of hydrogen-bond donors (Lipinski definition) is 0. The molecule has 0 saturated carbocycles. The molecule has 1 aromatic rings. The smallest absolute Gasteiger partial charge is 0.253 e. The lowest BCUT2D eigenvalue weighted by molar-refractivity contribution is -0.133. The van der Waals surface area contributed by atoms with Crippen LogP contribution in [0.1, 0.15) is 5.56 Å². The molecule has 0 heterocycles. The molecule has 0 bridgehead atoms. The lowest BCUT2D eigenvalue weighted by Gasteiger charge is -2.24. The molecular weight excluding hydrogens is 220 g/mol. The molecule has 0 spiro atoms. The lowest BCUT2D eigenvalue weighted by Crippen LogP contribution is -2.22. The third-order valence-electron chi connectivity index (χ3n) is 1.64. The number of rotatable bonds is 3. The molecule has 3 heteroatoms. The van der Waals surface area contributed by atoms with Crippen molar-refractivity contribution in [1.82, 2.24) is 0 Å². The van der Waals surface area contributed by atoms with Crippen LogP contribution in [0.3, 0.4) is 0 Å². The SMILES string of the molecule is COC(Br)(OC)c1ccccc1. The summed E-state index contributed by atoms with van der Waals surface area (Å²) in [4.78, 5) is 0. The van der Waals surface area contributed by atoms with Crippen molar-refractivity contribution in [3.05, 3.63) is 35.9 Å². The predicted octanol–water partition coefficient (Wildman–Crippen LogP) is 2.48. The van der Waals surface area contributed by atoms with Crippen molar-refractivity contribution in [2.24, 2.45) is 0 Å². The Bertz CT molecular complexity index is 232. The zero-order valence-electron chi connectivity index (χ0n) is 7.08. The zero-order chi connectivity index (χ0) is 9.03. The van der Waals surface area contributed by atoms with Gasteiger partial charge in [0, 0.05) is 19.8 Å². The quantitative estimate of drug-likeness (QED) is 0.587. The van der Waals surface area contributed by atoms with E-state index in [-0.39, 0.29) is 0 Å². The molecule has 0 aliphatic carbocycles. The van der Waals surface area contributed by atoms with Gasteiger partial charge in [0.1, 0.15) is 0 Å². The summed E-state index contributed by atoms with van der Waals surface area (Å²) < 4.78 is 9.52. The van der Waals surface area contributed by atoms with Crippen LogP contribution in [-0.4, -0.2) is 14.2 Å². The molecule has 2 nitrogen and oxygen atoms in total. The fourth-order valence-electron chi connectivity index (χ4n) is 0.956. The van der Waals surface area contributed by atoms with Crippen LogP contribution in [0.25, 0.3) is 0 Å². The molecular formula is C9H11BrO2. The first-order valence-corrected chi connectivity index (χ1v) is 4.37. The minimum Gasteiger partial charge on any atom is -0.341 e. The summed E-state index contributed by atoms with van der Waals surface area (Å²) in [6.07, 6.45) is 0. The highest BCUT2D eigenvalue weighted by atomic mass is 79.9. The predicted molar refractivity (Wildman–Crippen MR) is 51.1 cm³/mol. The van der Waals surface area contributed by atoms with E-state index in [1.807, 2.05) is 30.3 Å². The minimum absolute atomic E-state index is 0.811. The molecule has 0 aliphatic rings. The summed E-state index contributed by atoms with van der Waals surface area (Å²) in [5, 5.41) is 0. The normalized spacial score (nSPS) is 11.6. The zero-order valence-corrected chi connectivity index (χ0v) is 8.67. The van der Waals surface area contributed by atoms with Gasteiger partial charge >= 0.3 is 0 Å². The van der Waals surface area contributed by atoms with Crippen LogP contribution in [-0.2, 0) is 14.2 Å². The van der Waals surface area contributed by atoms with Gasteiger partial charge in [-0.05, 0) is 15.9 Å². The number of ether oxygens (including phenoxy) is 2. The van der Waals surface area contributed by atoms with E-state index < -0.39 is 4.70 Å². The first-order chi connectivity index (χ1) is 5.73. The van der Waals surface area contributed by atoms with E-state index in [9.17, 15) is 0 Å². The van der Waals surface area contributed by atoms with Crippen LogP contribution in [0.15, 0.2) is 30.3 Å². The van der Waals surface area contributed by atoms with E-state index in [1.54, 1.807) is 14.2 Å². The summed E-state index contributed by atoms with van der Waals surface area (Å²) in [6.45, 7) is 0. The molecule has 0 amide bonds. The van der Waals surface area contributed by atoms with Crippen molar-refractivity contribution in [3.8, 4) is 0 Å². The maximum Gasteiger partial charge on any atom is 0.253 e. The van der Waals surface area contributed by atoms with Gasteiger partial charge in [0.2, 0.25) is 0 Å². The van der Waals surface area contributed by atoms with E-state index in [4.69, 9.17) is 9.47 Å². The molecule has 12 heavy (non-hydrogen) atoms. The molecule has 0 radical (unpaired) electrons. The standard InChI is InChI=1S/C9H11BrO2/c1-11-9(10,12-2)8-6-4-3-5-7-8/h3-7H,1-2H3. The average Bonchev–Trinajstić information content (AvgIpc) is 2.18. The fourth-order valence-corrected chi connectivity index (χ4v) is 1.22. The van der Waals surface area contributed by atoms with E-state index in [1.165, 1.54) is 0 Å². The van der Waals surface area contributed by atoms with Gasteiger partial charge in [-0.15, -0.1) is 0 Å². The Morgan fingerprint density at radius 3 is 2.00 bits per heavy atom. The second-order valence-corrected chi connectivity index (χ2v) is 3.35. The molecule has 0 aromatic heterocycles. The van der Waals surface area contributed by atoms with E-state index in [2.05, 4.69) is 15.9 Å². The molecule has 0 saturated heterocycles. The summed E-state index contributed by atoms with van der Waals surface area (Å²) in [7, 11) is 3.18. The summed E-state index contributed by atoms with van der Waals surface area (Å²) in [5.74, 6) is 0. The van der Waals surface area contributed by atoms with Crippen molar-refractivity contribution in [2.75, 3.05) is 14.2 Å². The van der Waals surface area contributed by atoms with Gasteiger partial charge in [-0.25, -0.2) is 0 Å². The highest BCUT2D eigenvalue weighted by Crippen LogP contribution is 2.32. The number of methoxy groups -OCH3 is 2. The average molecular weight is 231 g/mol. The van der Waals surface area contributed by atoms with Gasteiger partial charge in [0.05, 0.1) is 0 Å². The Balaban J connectivity index is 2.95. The minimum atomic E-state index is -0.811. The molecule has 1 rings (SSSR count). The molecule has 1 aromatic carbocycles. The van der Waals surface area contributed by atoms with Crippen molar-refractivity contribution in [3.63, 3.8) is 0 Å². The molecule has 0 fully saturated rings. The van der Waals surface area contributed by atoms with Gasteiger partial charge in [-0.3, -0.25) is 0 Å². The second-order valence-electron chi connectivity index (χ2n) is 2.31. The summed E-state index contributed by atoms with van der Waals surface area (Å²) in [6, 6.07) is 9.68. The fraction of sp³-hybridized carbons (Fsp3) is 0.333. The van der Waals surface area contributed by atoms with Gasteiger partial charge < -0.3 is 9.47 Å². The molecule has 0 unspecified atom stereocenters. The Hall–Kier alpha value is -0.380. The first kappa shape index (κ1) is 9.71. The van der Waals surface area contributed by atoms with Crippen LogP contribution in [0.4, 0.5) is 0 Å². The molecule has 0 atom stereocenters. The third kappa shape index (κ3) is 1.86. The molecule has 0 aliphatic heterocycles. The van der Waals surface area contributed by atoms with Crippen molar-refractivity contribution < 1.29 is 9.47 Å². The largest absolute Gasteiger partial charge is 0.341 e. The van der Waals surface area contributed by atoms with Crippen LogP contribution in [0.5, 0.6) is 0 Å². The highest BCUT2D eigenvalue weighted by molar-refractivity contribution is 9.09. The van der Waals surface area contributed by atoms with Crippen LogP contribution >= 0.6 is 15.9 Å². The number of benzene rings is 1. The first-order valence-electron chi connectivity index (χ1n) is 3.57. The van der Waals surface area contributed by atoms with E-state index >= 15 is 0 Å². The van der Waals surface area contributed by atoms with Gasteiger partial charge in [-0.2, -0.15) is 0 Å². The maximum atomic E-state index is 5.17. The number of halogens is 1. The van der Waals surface area contributed by atoms with Gasteiger partial charge in [0.15, 0.2) is 0 Å². The summed E-state index contributed by atoms with van der Waals surface area (Å²) >= 11 is 3.35. The lowest BCUT2D eigenvalue weighted by atomic mass is 10.2. The van der Waals surface area contributed by atoms with Crippen LogP contribution in [0, 0.1) is 0 Å². The second kappa shape index (κ2) is 4.03. The Morgan fingerprint density at radius 1 is 1.08 bits per heavy atom. The number of hydrogen-bond acceptors (Lipinski definition) is 2. The van der Waals surface area contributed by atoms with Gasteiger partial charge in [-0.1, -0.05) is 30.3 Å². The number of alkyl halides is 1. The van der Waals surface area contributed by atoms with Crippen molar-refractivity contribution in [1.29, 1.82) is 0 Å². The van der Waals surface area contributed by atoms with Crippen molar-refractivity contribution in [2.45, 2.75) is 4.70 Å². The third-order valence-corrected chi connectivity index (χ3v) is 2.75. The van der Waals surface area contributed by atoms with Crippen LogP contribution in [0.2, 0.25) is 0 Å². The molecule has 66 valence electrons. The summed E-state index contributed by atoms with van der Waals surface area (Å²) in [5.41, 5.74) is 0.940. The Kier molecular flexibility index (Phi) is 3.26. The highest BCUT2D eigenvalue weighted by Gasteiger charge is 2.27. The molecule has 0 N–H and O–H groups in total. The van der Waals surface area contributed by atoms with Gasteiger partial charge in [0.25, 0.3) is 4.70 Å². The van der Waals surface area contributed by atoms with Crippen molar-refractivity contribution >= 4 is 15.9 Å². The maximum absolute atomic E-state index is 5.17.